The third kappa shape index (κ3) is 2.86. The Balaban J connectivity index is 1.80. The van der Waals surface area contributed by atoms with E-state index in [1.54, 1.807) is 24.5 Å². The third-order valence-corrected chi connectivity index (χ3v) is 4.57. The second-order valence-electron chi connectivity index (χ2n) is 6.33. The minimum atomic E-state index is -1.50. The summed E-state index contributed by atoms with van der Waals surface area (Å²) in [4.78, 5) is 32.2. The van der Waals surface area contributed by atoms with E-state index in [0.29, 0.717) is 29.9 Å². The molecular weight excluding hydrogens is 366 g/mol. The van der Waals surface area contributed by atoms with Crippen LogP contribution < -0.4 is 9.64 Å². The highest BCUT2D eigenvalue weighted by molar-refractivity contribution is 6.09. The van der Waals surface area contributed by atoms with Crippen molar-refractivity contribution in [3.63, 3.8) is 0 Å². The number of carboxylic acid groups (broad SMARTS) is 1. The van der Waals surface area contributed by atoms with Crippen molar-refractivity contribution < 1.29 is 29.0 Å². The van der Waals surface area contributed by atoms with Gasteiger partial charge in [0, 0.05) is 17.3 Å². The number of aliphatic hydroxyl groups is 1. The van der Waals surface area contributed by atoms with Crippen LogP contribution in [0.3, 0.4) is 0 Å². The number of hydrogen-bond donors (Lipinski definition) is 3. The lowest BCUT2D eigenvalue weighted by molar-refractivity contribution is -0.117. The molecule has 4 rings (SSSR count). The van der Waals surface area contributed by atoms with Gasteiger partial charge >= 0.3 is 6.16 Å². The number of rotatable bonds is 5. The van der Waals surface area contributed by atoms with Gasteiger partial charge in [-0.25, -0.2) is 9.78 Å². The van der Waals surface area contributed by atoms with E-state index >= 15 is 0 Å². The van der Waals surface area contributed by atoms with Gasteiger partial charge < -0.3 is 24.4 Å². The zero-order valence-corrected chi connectivity index (χ0v) is 14.9. The number of aromatic amines is 1. The van der Waals surface area contributed by atoms with Crippen LogP contribution in [0.2, 0.25) is 0 Å². The van der Waals surface area contributed by atoms with Crippen LogP contribution in [0.15, 0.2) is 52.4 Å². The highest BCUT2D eigenvalue weighted by Gasteiger charge is 2.42. The van der Waals surface area contributed by atoms with Crippen molar-refractivity contribution in [2.75, 3.05) is 4.90 Å². The van der Waals surface area contributed by atoms with Gasteiger partial charge in [0.15, 0.2) is 5.76 Å². The second-order valence-corrected chi connectivity index (χ2v) is 6.33. The Bertz CT molecular complexity index is 1100. The SMILES string of the molecule is CCCC1=C(O)C(=O)N(c2ccc3nc[nH]c3c2)C1c1ccc(OC(=O)O)o1. The Hall–Kier alpha value is -3.75. The number of furan rings is 1. The highest BCUT2D eigenvalue weighted by Crippen LogP contribution is 2.43. The molecule has 3 aromatic rings. The molecule has 0 saturated carbocycles. The van der Waals surface area contributed by atoms with Crippen LogP contribution in [0, 0.1) is 0 Å². The molecule has 0 radical (unpaired) electrons. The molecule has 2 aromatic heterocycles. The summed E-state index contributed by atoms with van der Waals surface area (Å²) < 4.78 is 10.1. The molecule has 3 N–H and O–H groups in total. The molecule has 0 spiro atoms. The summed E-state index contributed by atoms with van der Waals surface area (Å²) in [5.74, 6) is -0.791. The van der Waals surface area contributed by atoms with Crippen LogP contribution in [0.4, 0.5) is 10.5 Å². The van der Waals surface area contributed by atoms with Crippen molar-refractivity contribution in [2.45, 2.75) is 25.8 Å². The number of benzene rings is 1. The van der Waals surface area contributed by atoms with Gasteiger partial charge in [-0.2, -0.15) is 0 Å². The van der Waals surface area contributed by atoms with E-state index in [4.69, 9.17) is 9.52 Å². The fourth-order valence-corrected chi connectivity index (χ4v) is 3.44. The number of aliphatic hydroxyl groups excluding tert-OH is 1. The number of aromatic nitrogens is 2. The van der Waals surface area contributed by atoms with Crippen molar-refractivity contribution in [3.8, 4) is 5.95 Å². The van der Waals surface area contributed by atoms with Gasteiger partial charge in [-0.05, 0) is 30.7 Å². The van der Waals surface area contributed by atoms with Crippen molar-refractivity contribution >= 4 is 28.8 Å². The molecule has 0 saturated heterocycles. The molecule has 1 unspecified atom stereocenters. The van der Waals surface area contributed by atoms with Crippen LogP contribution in [-0.4, -0.2) is 32.2 Å². The predicted octanol–water partition coefficient (Wildman–Crippen LogP) is 3.91. The fourth-order valence-electron chi connectivity index (χ4n) is 3.44. The molecule has 3 heterocycles. The molecule has 144 valence electrons. The van der Waals surface area contributed by atoms with Crippen molar-refractivity contribution in [1.29, 1.82) is 0 Å². The van der Waals surface area contributed by atoms with E-state index in [-0.39, 0.29) is 11.7 Å². The zero-order chi connectivity index (χ0) is 19.8. The number of carbonyl (C=O) groups excluding carboxylic acids is 1. The lowest BCUT2D eigenvalue weighted by Crippen LogP contribution is -2.30. The monoisotopic (exact) mass is 383 g/mol. The van der Waals surface area contributed by atoms with Gasteiger partial charge in [0.1, 0.15) is 11.8 Å². The molecule has 1 aliphatic rings. The maximum atomic E-state index is 12.9. The average Bonchev–Trinajstić information content (AvgIpc) is 3.36. The first-order valence-electron chi connectivity index (χ1n) is 8.68. The van der Waals surface area contributed by atoms with E-state index < -0.39 is 18.1 Å². The number of H-pyrrole nitrogens is 1. The average molecular weight is 383 g/mol. The maximum Gasteiger partial charge on any atom is 0.513 e. The summed E-state index contributed by atoms with van der Waals surface area (Å²) in [6.45, 7) is 1.93. The number of imidazole rings is 1. The van der Waals surface area contributed by atoms with Crippen molar-refractivity contribution in [2.24, 2.45) is 0 Å². The van der Waals surface area contributed by atoms with E-state index in [2.05, 4.69) is 14.7 Å². The Kier molecular flexibility index (Phi) is 4.26. The van der Waals surface area contributed by atoms with Gasteiger partial charge in [0.2, 0.25) is 0 Å². The molecule has 9 heteroatoms. The number of hydrogen-bond acceptors (Lipinski definition) is 6. The standard InChI is InChI=1S/C19H17N3O6/c1-2-3-11-16(14-6-7-15(27-14)28-19(25)26)22(18(24)17(11)23)10-4-5-12-13(8-10)21-9-20-12/h4-9,16,23H,2-3H2,1H3,(H,20,21)(H,25,26). The summed E-state index contributed by atoms with van der Waals surface area (Å²) in [5, 5.41) is 19.2. The predicted molar refractivity (Wildman–Crippen MR) is 98.2 cm³/mol. The Labute approximate surface area is 158 Å². The number of anilines is 1. The van der Waals surface area contributed by atoms with Gasteiger partial charge in [-0.1, -0.05) is 13.3 Å². The number of nitrogens with one attached hydrogen (secondary N) is 1. The first-order valence-corrected chi connectivity index (χ1v) is 8.68. The Morgan fingerprint density at radius 3 is 2.93 bits per heavy atom. The molecule has 0 aliphatic carbocycles. The van der Waals surface area contributed by atoms with E-state index in [0.717, 1.165) is 11.0 Å². The third-order valence-electron chi connectivity index (χ3n) is 4.57. The minimum Gasteiger partial charge on any atom is -0.503 e. The molecule has 1 aromatic carbocycles. The summed E-state index contributed by atoms with van der Waals surface area (Å²) in [6, 6.07) is 7.44. The van der Waals surface area contributed by atoms with Crippen LogP contribution in [-0.2, 0) is 4.79 Å². The van der Waals surface area contributed by atoms with Gasteiger partial charge in [-0.15, -0.1) is 0 Å². The topological polar surface area (TPSA) is 129 Å². The minimum absolute atomic E-state index is 0.207. The van der Waals surface area contributed by atoms with Crippen molar-refractivity contribution in [1.82, 2.24) is 9.97 Å². The zero-order valence-electron chi connectivity index (χ0n) is 14.9. The Morgan fingerprint density at radius 2 is 2.18 bits per heavy atom. The van der Waals surface area contributed by atoms with Crippen LogP contribution in [0.5, 0.6) is 5.95 Å². The van der Waals surface area contributed by atoms with Gasteiger partial charge in [0.25, 0.3) is 11.9 Å². The molecule has 9 nitrogen and oxygen atoms in total. The quantitative estimate of drug-likeness (QED) is 0.570. The summed E-state index contributed by atoms with van der Waals surface area (Å²) in [7, 11) is 0. The van der Waals surface area contributed by atoms with E-state index in [1.807, 2.05) is 6.92 Å². The Morgan fingerprint density at radius 1 is 1.36 bits per heavy atom. The second kappa shape index (κ2) is 6.76. The van der Waals surface area contributed by atoms with Crippen molar-refractivity contribution in [3.05, 3.63) is 53.8 Å². The highest BCUT2D eigenvalue weighted by atomic mass is 16.7. The van der Waals surface area contributed by atoms with Crippen LogP contribution >= 0.6 is 0 Å². The normalized spacial score (nSPS) is 17.0. The number of nitrogens with zero attached hydrogens (tertiary/aromatic N) is 2. The van der Waals surface area contributed by atoms with Gasteiger partial charge in [-0.3, -0.25) is 9.69 Å². The number of carbonyl (C=O) groups is 2. The lowest BCUT2D eigenvalue weighted by atomic mass is 10.0. The number of fused-ring (bicyclic) bond motifs is 1. The molecule has 0 fully saturated rings. The first-order chi connectivity index (χ1) is 13.5. The van der Waals surface area contributed by atoms with E-state index in [1.165, 1.54) is 17.0 Å². The fraction of sp³-hybridized carbons (Fsp3) is 0.211. The summed E-state index contributed by atoms with van der Waals surface area (Å²) in [6.07, 6.45) is 1.23. The number of ether oxygens (including phenoxy) is 1. The van der Waals surface area contributed by atoms with Crippen LogP contribution in [0.25, 0.3) is 11.0 Å². The lowest BCUT2D eigenvalue weighted by Gasteiger charge is -2.25. The summed E-state index contributed by atoms with van der Waals surface area (Å²) >= 11 is 0. The molecule has 28 heavy (non-hydrogen) atoms. The molecule has 1 aliphatic heterocycles. The molecule has 0 bridgehead atoms. The van der Waals surface area contributed by atoms with Gasteiger partial charge in [0.05, 0.1) is 17.4 Å². The largest absolute Gasteiger partial charge is 0.513 e. The number of amides is 1. The molecular formula is C19H17N3O6. The molecule has 1 amide bonds. The first kappa shape index (κ1) is 17.7. The smallest absolute Gasteiger partial charge is 0.503 e. The molecule has 1 atom stereocenters. The van der Waals surface area contributed by atoms with E-state index in [9.17, 15) is 14.7 Å². The van der Waals surface area contributed by atoms with Crippen LogP contribution in [0.1, 0.15) is 31.6 Å². The summed E-state index contributed by atoms with van der Waals surface area (Å²) in [5.41, 5.74) is 2.53. The maximum absolute atomic E-state index is 12.9.